The van der Waals surface area contributed by atoms with Crippen molar-refractivity contribution in [3.05, 3.63) is 76.5 Å². The van der Waals surface area contributed by atoms with Crippen LogP contribution in [0, 0.1) is 12.7 Å². The molecule has 0 saturated carbocycles. The molecule has 2 N–H and O–H groups in total. The van der Waals surface area contributed by atoms with Gasteiger partial charge >= 0.3 is 0 Å². The van der Waals surface area contributed by atoms with Gasteiger partial charge in [-0.2, -0.15) is 5.10 Å². The number of para-hydroxylation sites is 2. The van der Waals surface area contributed by atoms with Gasteiger partial charge in [-0.1, -0.05) is 24.3 Å². The molecule has 1 aliphatic rings. The number of carbonyl (C=O) groups excluding carboxylic acids is 2. The number of rotatable bonds is 4. The van der Waals surface area contributed by atoms with E-state index in [2.05, 4.69) is 5.10 Å². The van der Waals surface area contributed by atoms with Crippen molar-refractivity contribution in [1.29, 1.82) is 0 Å². The summed E-state index contributed by atoms with van der Waals surface area (Å²) in [4.78, 5) is 28.2. The van der Waals surface area contributed by atoms with Crippen LogP contribution in [0.3, 0.4) is 0 Å². The number of ether oxygens (including phenoxy) is 1. The number of halogens is 1. The highest BCUT2D eigenvalue weighted by Crippen LogP contribution is 2.36. The lowest BCUT2D eigenvalue weighted by atomic mass is 10.1. The molecule has 0 aliphatic carbocycles. The second-order valence-electron chi connectivity index (χ2n) is 7.59. The van der Waals surface area contributed by atoms with E-state index < -0.39 is 12.0 Å². The summed E-state index contributed by atoms with van der Waals surface area (Å²) < 4.78 is 20.7. The van der Waals surface area contributed by atoms with Crippen LogP contribution >= 0.6 is 11.3 Å². The van der Waals surface area contributed by atoms with Gasteiger partial charge in [0.1, 0.15) is 16.4 Å². The number of carbonyl (C=O) groups is 2. The molecule has 0 bridgehead atoms. The van der Waals surface area contributed by atoms with E-state index in [-0.39, 0.29) is 18.3 Å². The Morgan fingerprint density at radius 2 is 1.97 bits per heavy atom. The van der Waals surface area contributed by atoms with E-state index in [0.29, 0.717) is 22.9 Å². The summed E-state index contributed by atoms with van der Waals surface area (Å²) in [5.74, 6) is -0.712. The van der Waals surface area contributed by atoms with Crippen LogP contribution in [-0.4, -0.2) is 34.2 Å². The number of nitrogens with zero attached hydrogens (tertiary/aromatic N) is 3. The van der Waals surface area contributed by atoms with Gasteiger partial charge in [-0.3, -0.25) is 19.2 Å². The van der Waals surface area contributed by atoms with Crippen LogP contribution in [0.15, 0.2) is 54.6 Å². The van der Waals surface area contributed by atoms with Crippen molar-refractivity contribution in [2.45, 2.75) is 19.6 Å². The molecule has 1 aliphatic heterocycles. The van der Waals surface area contributed by atoms with E-state index in [1.165, 1.54) is 28.4 Å². The molecule has 0 spiro atoms. The van der Waals surface area contributed by atoms with Crippen molar-refractivity contribution in [2.75, 3.05) is 11.4 Å². The van der Waals surface area contributed by atoms with Crippen molar-refractivity contribution in [3.63, 3.8) is 0 Å². The van der Waals surface area contributed by atoms with Crippen molar-refractivity contribution in [1.82, 2.24) is 9.78 Å². The Labute approximate surface area is 186 Å². The maximum Gasteiger partial charge on any atom is 0.268 e. The highest BCUT2D eigenvalue weighted by Gasteiger charge is 2.34. The number of thiophene rings is 1. The number of anilines is 1. The third-order valence-corrected chi connectivity index (χ3v) is 6.54. The van der Waals surface area contributed by atoms with Gasteiger partial charge in [0.05, 0.1) is 29.3 Å². The maximum absolute atomic E-state index is 13.5. The Morgan fingerprint density at radius 1 is 1.22 bits per heavy atom. The molecule has 1 atom stereocenters. The number of nitrogens with two attached hydrogens (primary N) is 1. The lowest BCUT2D eigenvalue weighted by Crippen LogP contribution is -2.49. The first-order chi connectivity index (χ1) is 15.4. The maximum atomic E-state index is 13.5. The van der Waals surface area contributed by atoms with Gasteiger partial charge < -0.3 is 10.5 Å². The standard InChI is InChI=1S/C23H19FN4O3S/c1-13-16-10-20(32-23(16)28(26-13)11-14-6-8-15(24)9-7-14)22(30)27-12-19(21(25)29)31-18-5-3-2-4-17(18)27/h2-10,19H,11-12H2,1H3,(H2,25,29). The molecular weight excluding hydrogens is 431 g/mol. The van der Waals surface area contributed by atoms with Crippen molar-refractivity contribution in [2.24, 2.45) is 5.73 Å². The molecule has 3 heterocycles. The van der Waals surface area contributed by atoms with Crippen LogP contribution in [0.1, 0.15) is 20.9 Å². The number of hydrogen-bond donors (Lipinski definition) is 1. The van der Waals surface area contributed by atoms with Gasteiger partial charge in [0.15, 0.2) is 6.10 Å². The van der Waals surface area contributed by atoms with Crippen LogP contribution in [0.5, 0.6) is 5.75 Å². The highest BCUT2D eigenvalue weighted by atomic mass is 32.1. The minimum atomic E-state index is -0.918. The lowest BCUT2D eigenvalue weighted by molar-refractivity contribution is -0.124. The summed E-state index contributed by atoms with van der Waals surface area (Å²) in [7, 11) is 0. The third-order valence-electron chi connectivity index (χ3n) is 5.40. The van der Waals surface area contributed by atoms with Gasteiger partial charge in [-0.25, -0.2) is 4.39 Å². The second kappa shape index (κ2) is 7.76. The molecular formula is C23H19FN4O3S. The third kappa shape index (κ3) is 3.50. The minimum absolute atomic E-state index is 0.0418. The summed E-state index contributed by atoms with van der Waals surface area (Å²) in [6.07, 6.45) is -0.918. The molecule has 5 rings (SSSR count). The molecule has 0 radical (unpaired) electrons. The molecule has 0 saturated heterocycles. The fourth-order valence-corrected chi connectivity index (χ4v) is 4.91. The number of amides is 2. The molecule has 7 nitrogen and oxygen atoms in total. The van der Waals surface area contributed by atoms with E-state index in [1.54, 1.807) is 30.3 Å². The lowest BCUT2D eigenvalue weighted by Gasteiger charge is -2.33. The predicted octanol–water partition coefficient (Wildman–Crippen LogP) is 3.49. The minimum Gasteiger partial charge on any atom is -0.477 e. The highest BCUT2D eigenvalue weighted by molar-refractivity contribution is 7.20. The van der Waals surface area contributed by atoms with Crippen molar-refractivity contribution >= 4 is 39.1 Å². The Morgan fingerprint density at radius 3 is 2.72 bits per heavy atom. The molecule has 2 aromatic heterocycles. The first-order valence-electron chi connectivity index (χ1n) is 9.99. The first-order valence-corrected chi connectivity index (χ1v) is 10.8. The van der Waals surface area contributed by atoms with E-state index in [1.807, 2.05) is 23.7 Å². The smallest absolute Gasteiger partial charge is 0.268 e. The average molecular weight is 450 g/mol. The number of aryl methyl sites for hydroxylation is 1. The van der Waals surface area contributed by atoms with Gasteiger partial charge in [-0.05, 0) is 42.8 Å². The van der Waals surface area contributed by atoms with E-state index in [0.717, 1.165) is 21.5 Å². The molecule has 4 aromatic rings. The van der Waals surface area contributed by atoms with Crippen molar-refractivity contribution < 1.29 is 18.7 Å². The second-order valence-corrected chi connectivity index (χ2v) is 8.62. The number of aromatic nitrogens is 2. The van der Waals surface area contributed by atoms with Crippen LogP contribution in [-0.2, 0) is 11.3 Å². The molecule has 162 valence electrons. The van der Waals surface area contributed by atoms with Gasteiger partial charge in [-0.15, -0.1) is 11.3 Å². The normalized spacial score (nSPS) is 15.4. The van der Waals surface area contributed by atoms with E-state index in [4.69, 9.17) is 10.5 Å². The topological polar surface area (TPSA) is 90.5 Å². The first kappa shape index (κ1) is 20.2. The van der Waals surface area contributed by atoms with Crippen LogP contribution in [0.25, 0.3) is 10.2 Å². The SMILES string of the molecule is Cc1nn(Cc2ccc(F)cc2)c2sc(C(=O)N3CC(C(N)=O)Oc4ccccc43)cc12. The Hall–Kier alpha value is -3.72. The Kier molecular flexibility index (Phi) is 4.90. The largest absolute Gasteiger partial charge is 0.477 e. The Balaban J connectivity index is 1.50. The van der Waals surface area contributed by atoms with Crippen molar-refractivity contribution in [3.8, 4) is 5.75 Å². The zero-order valence-electron chi connectivity index (χ0n) is 17.1. The summed E-state index contributed by atoms with van der Waals surface area (Å²) in [5.41, 5.74) is 7.76. The van der Waals surface area contributed by atoms with E-state index >= 15 is 0 Å². The fourth-order valence-electron chi connectivity index (χ4n) is 3.80. The summed E-state index contributed by atoms with van der Waals surface area (Å²) in [5, 5.41) is 5.46. The summed E-state index contributed by atoms with van der Waals surface area (Å²) >= 11 is 1.33. The fraction of sp³-hybridized carbons (Fsp3) is 0.174. The summed E-state index contributed by atoms with van der Waals surface area (Å²) in [6.45, 7) is 2.39. The van der Waals surface area contributed by atoms with Gasteiger partial charge in [0, 0.05) is 5.39 Å². The van der Waals surface area contributed by atoms with Crippen LogP contribution < -0.4 is 15.4 Å². The van der Waals surface area contributed by atoms with Crippen LogP contribution in [0.2, 0.25) is 0 Å². The average Bonchev–Trinajstić information content (AvgIpc) is 3.35. The van der Waals surface area contributed by atoms with E-state index in [9.17, 15) is 14.0 Å². The monoisotopic (exact) mass is 450 g/mol. The Bertz CT molecular complexity index is 1350. The number of benzene rings is 2. The zero-order chi connectivity index (χ0) is 22.4. The molecule has 2 aromatic carbocycles. The molecule has 0 fully saturated rings. The molecule has 9 heteroatoms. The molecule has 2 amide bonds. The molecule has 1 unspecified atom stereocenters. The summed E-state index contributed by atoms with van der Waals surface area (Å²) in [6, 6.07) is 15.1. The quantitative estimate of drug-likeness (QED) is 0.515. The van der Waals surface area contributed by atoms with Crippen LogP contribution in [0.4, 0.5) is 10.1 Å². The number of primary amides is 1. The number of fused-ring (bicyclic) bond motifs is 2. The van der Waals surface area contributed by atoms with Gasteiger partial charge in [0.25, 0.3) is 11.8 Å². The van der Waals surface area contributed by atoms with Gasteiger partial charge in [0.2, 0.25) is 0 Å². The number of hydrogen-bond acceptors (Lipinski definition) is 5. The predicted molar refractivity (Wildman–Crippen MR) is 120 cm³/mol. The molecule has 32 heavy (non-hydrogen) atoms. The zero-order valence-corrected chi connectivity index (χ0v) is 17.9.